The summed E-state index contributed by atoms with van der Waals surface area (Å²) in [6.45, 7) is 4.83. The predicted octanol–water partition coefficient (Wildman–Crippen LogP) is 4.31. The number of rotatable bonds is 10. The van der Waals surface area contributed by atoms with E-state index in [1.165, 1.54) is 18.4 Å². The molecule has 0 fully saturated rings. The highest BCUT2D eigenvalue weighted by atomic mass is 28.4. The molecule has 1 aromatic rings. The average Bonchev–Trinajstić information content (AvgIpc) is 2.63. The summed E-state index contributed by atoms with van der Waals surface area (Å²) in [7, 11) is 2.40. The summed E-state index contributed by atoms with van der Waals surface area (Å²) in [5.74, 6) is 0.427. The van der Waals surface area contributed by atoms with Crippen molar-refractivity contribution in [3.05, 3.63) is 29.3 Å². The van der Waals surface area contributed by atoms with Gasteiger partial charge in [-0.25, -0.2) is 0 Å². The zero-order valence-corrected chi connectivity index (χ0v) is 17.2. The summed E-state index contributed by atoms with van der Waals surface area (Å²) in [6, 6.07) is 7.06. The zero-order chi connectivity index (χ0) is 18.3. The molecule has 25 heavy (non-hydrogen) atoms. The monoisotopic (exact) mass is 368 g/mol. The van der Waals surface area contributed by atoms with Crippen molar-refractivity contribution in [2.75, 3.05) is 21.3 Å². The third kappa shape index (κ3) is 5.28. The number of unbranched alkanes of at least 4 members (excludes halogenated alkanes) is 2. The maximum atomic E-state index is 6.14. The van der Waals surface area contributed by atoms with Crippen LogP contribution in [0.1, 0.15) is 50.7 Å². The van der Waals surface area contributed by atoms with E-state index in [0.717, 1.165) is 36.6 Å². The molecule has 0 N–H and O–H groups in total. The first kappa shape index (κ1) is 20.4. The van der Waals surface area contributed by atoms with E-state index < -0.39 is 14.6 Å². The van der Waals surface area contributed by atoms with Gasteiger partial charge in [0.15, 0.2) is 0 Å². The zero-order valence-electron chi connectivity index (χ0n) is 16.2. The number of hydrogen-bond donors (Lipinski definition) is 0. The van der Waals surface area contributed by atoms with Crippen LogP contribution in [-0.4, -0.2) is 35.9 Å². The number of hydrogen-bond acceptors (Lipinski definition) is 5. The van der Waals surface area contributed by atoms with Crippen molar-refractivity contribution in [3.63, 3.8) is 0 Å². The van der Waals surface area contributed by atoms with Crippen molar-refractivity contribution >= 4 is 8.80 Å². The van der Waals surface area contributed by atoms with Gasteiger partial charge in [0.25, 0.3) is 0 Å². The Morgan fingerprint density at radius 1 is 1.12 bits per heavy atom. The Kier molecular flexibility index (Phi) is 7.46. The van der Waals surface area contributed by atoms with Crippen LogP contribution in [0.3, 0.4) is 0 Å². The van der Waals surface area contributed by atoms with E-state index in [-0.39, 0.29) is 0 Å². The Balaban J connectivity index is 1.99. The molecule has 1 heterocycles. The Bertz CT molecular complexity index is 538. The molecule has 0 aliphatic carbocycles. The van der Waals surface area contributed by atoms with E-state index in [1.807, 2.05) is 6.92 Å². The Morgan fingerprint density at radius 3 is 2.48 bits per heavy atom. The average molecular weight is 369 g/mol. The van der Waals surface area contributed by atoms with Gasteiger partial charge in [-0.05, 0) is 30.5 Å². The lowest BCUT2D eigenvalue weighted by Gasteiger charge is -2.36. The van der Waals surface area contributed by atoms with Crippen molar-refractivity contribution in [2.24, 2.45) is 0 Å². The SMILES string of the molecule is CCCCCC1(C)OCc2cc(CC[Si](OC)(OC)OC)ccc2O1. The largest absolute Gasteiger partial charge is 0.500 e. The van der Waals surface area contributed by atoms with Crippen LogP contribution in [0.2, 0.25) is 6.04 Å². The normalized spacial score (nSPS) is 20.2. The molecule has 0 aromatic heterocycles. The first-order chi connectivity index (χ1) is 12.0. The lowest BCUT2D eigenvalue weighted by molar-refractivity contribution is -0.198. The van der Waals surface area contributed by atoms with Crippen LogP contribution in [0, 0.1) is 0 Å². The Hall–Kier alpha value is -0.923. The standard InChI is InChI=1S/C19H32O5Si/c1-6-7-8-12-19(2)23-15-17-14-16(9-10-18(17)24-19)11-13-25(20-3,21-4)22-5/h9-10,14H,6-8,11-13,15H2,1-5H3. The molecule has 0 spiro atoms. The van der Waals surface area contributed by atoms with Gasteiger partial charge in [-0.1, -0.05) is 25.8 Å². The summed E-state index contributed by atoms with van der Waals surface area (Å²) < 4.78 is 28.6. The summed E-state index contributed by atoms with van der Waals surface area (Å²) in [4.78, 5) is 0. The molecule has 1 aliphatic heterocycles. The second-order valence-electron chi connectivity index (χ2n) is 6.72. The minimum absolute atomic E-state index is 0.506. The van der Waals surface area contributed by atoms with Crippen molar-refractivity contribution in [3.8, 4) is 5.75 Å². The van der Waals surface area contributed by atoms with Crippen LogP contribution in [0.25, 0.3) is 0 Å². The molecular weight excluding hydrogens is 336 g/mol. The Labute approximate surface area is 152 Å². The molecule has 0 radical (unpaired) electrons. The molecule has 1 aromatic carbocycles. The van der Waals surface area contributed by atoms with E-state index in [2.05, 4.69) is 25.1 Å². The molecule has 2 rings (SSSR count). The Morgan fingerprint density at radius 2 is 1.84 bits per heavy atom. The second kappa shape index (κ2) is 9.14. The van der Waals surface area contributed by atoms with Gasteiger partial charge in [-0.2, -0.15) is 0 Å². The lowest BCUT2D eigenvalue weighted by atomic mass is 10.0. The van der Waals surface area contributed by atoms with Crippen LogP contribution in [0.5, 0.6) is 5.75 Å². The first-order valence-electron chi connectivity index (χ1n) is 9.10. The number of ether oxygens (including phenoxy) is 2. The van der Waals surface area contributed by atoms with Gasteiger partial charge in [0.2, 0.25) is 5.79 Å². The van der Waals surface area contributed by atoms with Gasteiger partial charge in [0.05, 0.1) is 6.61 Å². The summed E-state index contributed by atoms with van der Waals surface area (Å²) in [5.41, 5.74) is 2.31. The molecule has 6 heteroatoms. The third-order valence-electron chi connectivity index (χ3n) is 4.87. The second-order valence-corrected chi connectivity index (χ2v) is 9.81. The van der Waals surface area contributed by atoms with Gasteiger partial charge < -0.3 is 22.8 Å². The van der Waals surface area contributed by atoms with E-state index in [9.17, 15) is 0 Å². The molecule has 5 nitrogen and oxygen atoms in total. The van der Waals surface area contributed by atoms with Crippen LogP contribution < -0.4 is 4.74 Å². The van der Waals surface area contributed by atoms with Gasteiger partial charge in [0.1, 0.15) is 5.75 Å². The van der Waals surface area contributed by atoms with Crippen molar-refractivity contribution < 1.29 is 22.8 Å². The van der Waals surface area contributed by atoms with Gasteiger partial charge >= 0.3 is 8.80 Å². The molecule has 142 valence electrons. The van der Waals surface area contributed by atoms with Gasteiger partial charge in [-0.15, -0.1) is 0 Å². The fourth-order valence-corrected chi connectivity index (χ4v) is 4.87. The smallest absolute Gasteiger partial charge is 0.462 e. The van der Waals surface area contributed by atoms with Crippen LogP contribution in [0.4, 0.5) is 0 Å². The molecule has 0 saturated heterocycles. The summed E-state index contributed by atoms with van der Waals surface area (Å²) >= 11 is 0. The number of fused-ring (bicyclic) bond motifs is 1. The van der Waals surface area contributed by atoms with Crippen LogP contribution in [0.15, 0.2) is 18.2 Å². The van der Waals surface area contributed by atoms with E-state index in [0.29, 0.717) is 6.61 Å². The minimum atomic E-state index is -2.54. The highest BCUT2D eigenvalue weighted by molar-refractivity contribution is 6.60. The number of benzene rings is 1. The number of aryl methyl sites for hydroxylation is 1. The van der Waals surface area contributed by atoms with E-state index in [4.69, 9.17) is 22.8 Å². The minimum Gasteiger partial charge on any atom is -0.462 e. The van der Waals surface area contributed by atoms with E-state index >= 15 is 0 Å². The molecule has 1 atom stereocenters. The fraction of sp³-hybridized carbons (Fsp3) is 0.684. The van der Waals surface area contributed by atoms with Gasteiger partial charge in [0, 0.05) is 46.3 Å². The first-order valence-corrected chi connectivity index (χ1v) is 11.0. The van der Waals surface area contributed by atoms with Crippen molar-refractivity contribution in [1.82, 2.24) is 0 Å². The summed E-state index contributed by atoms with van der Waals surface area (Å²) in [6.07, 6.45) is 5.29. The van der Waals surface area contributed by atoms with Crippen molar-refractivity contribution in [1.29, 1.82) is 0 Å². The topological polar surface area (TPSA) is 46.2 Å². The maximum Gasteiger partial charge on any atom is 0.500 e. The maximum absolute atomic E-state index is 6.14. The quantitative estimate of drug-likeness (QED) is 0.455. The molecule has 0 amide bonds. The molecule has 0 saturated carbocycles. The van der Waals surface area contributed by atoms with E-state index in [1.54, 1.807) is 21.3 Å². The lowest BCUT2D eigenvalue weighted by Crippen LogP contribution is -2.43. The third-order valence-corrected chi connectivity index (χ3v) is 7.60. The summed E-state index contributed by atoms with van der Waals surface area (Å²) in [5, 5.41) is 0. The van der Waals surface area contributed by atoms with Crippen LogP contribution in [-0.2, 0) is 31.0 Å². The molecule has 1 unspecified atom stereocenters. The molecular formula is C19H32O5Si. The molecule has 0 bridgehead atoms. The highest BCUT2D eigenvalue weighted by Gasteiger charge is 2.37. The highest BCUT2D eigenvalue weighted by Crippen LogP contribution is 2.35. The van der Waals surface area contributed by atoms with Gasteiger partial charge in [-0.3, -0.25) is 0 Å². The molecule has 1 aliphatic rings. The fourth-order valence-electron chi connectivity index (χ4n) is 3.17. The predicted molar refractivity (Wildman–Crippen MR) is 99.7 cm³/mol. The van der Waals surface area contributed by atoms with Crippen LogP contribution >= 0.6 is 0 Å². The van der Waals surface area contributed by atoms with Crippen molar-refractivity contribution in [2.45, 2.75) is 64.4 Å².